The molecule has 68 heavy (non-hydrogen) atoms. The van der Waals surface area contributed by atoms with E-state index < -0.39 is 90.1 Å². The Bertz CT molecular complexity index is 2570. The van der Waals surface area contributed by atoms with Gasteiger partial charge in [0.2, 0.25) is 41.4 Å². The number of nitrogens with one attached hydrogen (secondary N) is 7. The van der Waals surface area contributed by atoms with Crippen molar-refractivity contribution in [3.8, 4) is 0 Å². The summed E-state index contributed by atoms with van der Waals surface area (Å²) in [5.74, 6) is -6.62. The molecule has 0 aliphatic heterocycles. The van der Waals surface area contributed by atoms with Gasteiger partial charge in [-0.25, -0.2) is 0 Å². The van der Waals surface area contributed by atoms with Gasteiger partial charge >= 0.3 is 5.97 Å². The Labute approximate surface area is 393 Å². The number of hydrogen-bond donors (Lipinski definition) is 11. The molecule has 360 valence electrons. The third-order valence-corrected chi connectivity index (χ3v) is 11.3. The summed E-state index contributed by atoms with van der Waals surface area (Å²) in [7, 11) is 0. The summed E-state index contributed by atoms with van der Waals surface area (Å²) in [6.45, 7) is 0.986. The molecule has 5 aromatic rings. The maximum absolute atomic E-state index is 14.5. The van der Waals surface area contributed by atoms with Gasteiger partial charge in [-0.15, -0.1) is 0 Å². The van der Waals surface area contributed by atoms with Crippen molar-refractivity contribution in [3.05, 3.63) is 120 Å². The summed E-state index contributed by atoms with van der Waals surface area (Å²) in [5.41, 5.74) is 20.3. The third-order valence-electron chi connectivity index (χ3n) is 11.3. The standard InChI is InChI=1S/C49H60N10O9/c1-29(55-45(64)36(51)24-31-18-19-32-13-5-6-14-33(32)23-31)44(63)58-41(26-34-27-53-37-16-8-7-15-35(34)37)49(68)59-40(25-30-11-3-2-4-12-30)48(67)56-38(17-9-10-22-50)47(66)57-39(20-21-42(52)60)46(65)54-28-43(61)62/h2-8,11-16,18-19,23,27,29,36,38-41,53H,9-10,17,20-22,24-26,28,50-51H2,1H3,(H2,52,60)(H,54,65)(H,55,64)(H,56,67)(H,57,66)(H,58,63)(H,59,68)(H,61,62)/t29-,36+,38-,39-,40+,41-/m0/s1. The lowest BCUT2D eigenvalue weighted by atomic mass is 10.0. The second kappa shape index (κ2) is 25.3. The van der Waals surface area contributed by atoms with Crippen LogP contribution in [0.3, 0.4) is 0 Å². The number of benzene rings is 4. The van der Waals surface area contributed by atoms with Crippen LogP contribution in [-0.2, 0) is 57.6 Å². The normalized spacial score (nSPS) is 13.8. The largest absolute Gasteiger partial charge is 0.480 e. The van der Waals surface area contributed by atoms with Crippen LogP contribution in [0.25, 0.3) is 21.7 Å². The molecule has 0 fully saturated rings. The highest BCUT2D eigenvalue weighted by molar-refractivity contribution is 5.97. The van der Waals surface area contributed by atoms with E-state index >= 15 is 0 Å². The predicted octanol–water partition coefficient (Wildman–Crippen LogP) is 0.716. The quantitative estimate of drug-likeness (QED) is 0.0343. The number of carbonyl (C=O) groups excluding carboxylic acids is 7. The molecule has 5 rings (SSSR count). The Morgan fingerprint density at radius 2 is 1.21 bits per heavy atom. The highest BCUT2D eigenvalue weighted by atomic mass is 16.4. The van der Waals surface area contributed by atoms with Crippen LogP contribution in [0.15, 0.2) is 103 Å². The van der Waals surface area contributed by atoms with E-state index in [0.29, 0.717) is 24.0 Å². The first kappa shape index (κ1) is 51.3. The van der Waals surface area contributed by atoms with Crippen molar-refractivity contribution < 1.29 is 43.5 Å². The number of unbranched alkanes of at least 4 members (excludes halogenated alkanes) is 1. The molecule has 0 unspecified atom stereocenters. The van der Waals surface area contributed by atoms with Crippen LogP contribution >= 0.6 is 0 Å². The monoisotopic (exact) mass is 932 g/mol. The van der Waals surface area contributed by atoms with Gasteiger partial charge in [-0.2, -0.15) is 0 Å². The lowest BCUT2D eigenvalue weighted by Gasteiger charge is -2.27. The number of aliphatic carboxylic acids is 1. The molecule has 0 radical (unpaired) electrons. The molecule has 0 saturated heterocycles. The van der Waals surface area contributed by atoms with Gasteiger partial charge in [-0.3, -0.25) is 38.4 Å². The van der Waals surface area contributed by atoms with E-state index in [1.165, 1.54) is 6.92 Å². The van der Waals surface area contributed by atoms with E-state index in [0.717, 1.165) is 27.2 Å². The van der Waals surface area contributed by atoms with Crippen LogP contribution in [0.2, 0.25) is 0 Å². The highest BCUT2D eigenvalue weighted by Gasteiger charge is 2.33. The number of primary amides is 1. The van der Waals surface area contributed by atoms with E-state index in [-0.39, 0.29) is 45.1 Å². The molecular weight excluding hydrogens is 873 g/mol. The molecule has 0 aliphatic carbocycles. The maximum atomic E-state index is 14.5. The Balaban J connectivity index is 1.36. The first-order valence-corrected chi connectivity index (χ1v) is 22.4. The molecule has 1 aromatic heterocycles. The summed E-state index contributed by atoms with van der Waals surface area (Å²) in [4.78, 5) is 109. The zero-order valence-corrected chi connectivity index (χ0v) is 37.8. The van der Waals surface area contributed by atoms with Crippen molar-refractivity contribution >= 4 is 69.0 Å². The number of aromatic nitrogens is 1. The number of amides is 7. The SMILES string of the molecule is C[C@H](NC(=O)[C@H](N)Cc1ccc2ccccc2c1)C(=O)N[C@@H](Cc1c[nH]c2ccccc12)C(=O)N[C@H](Cc1ccccc1)C(=O)N[C@@H](CCCCN)C(=O)N[C@@H](CCC(N)=O)C(=O)NCC(=O)O. The molecule has 0 aliphatic rings. The van der Waals surface area contributed by atoms with Gasteiger partial charge in [0, 0.05) is 36.4 Å². The minimum absolute atomic E-state index is 0.0375. The Hall–Kier alpha value is -7.64. The molecule has 7 amide bonds. The molecule has 4 aromatic carbocycles. The number of rotatable bonds is 26. The van der Waals surface area contributed by atoms with E-state index in [1.807, 2.05) is 66.7 Å². The average molecular weight is 933 g/mol. The first-order chi connectivity index (χ1) is 32.6. The number of hydrogen-bond acceptors (Lipinski definition) is 10. The van der Waals surface area contributed by atoms with Gasteiger partial charge in [0.05, 0.1) is 6.04 Å². The van der Waals surface area contributed by atoms with Crippen LogP contribution in [0.5, 0.6) is 0 Å². The summed E-state index contributed by atoms with van der Waals surface area (Å²) in [5, 5.41) is 27.5. The van der Waals surface area contributed by atoms with Crippen molar-refractivity contribution in [1.82, 2.24) is 36.9 Å². The smallest absolute Gasteiger partial charge is 0.322 e. The van der Waals surface area contributed by atoms with Crippen LogP contribution in [0.4, 0.5) is 0 Å². The molecule has 1 heterocycles. The van der Waals surface area contributed by atoms with Gasteiger partial charge in [0.25, 0.3) is 0 Å². The highest BCUT2D eigenvalue weighted by Crippen LogP contribution is 2.20. The van der Waals surface area contributed by atoms with Crippen molar-refractivity contribution in [1.29, 1.82) is 0 Å². The molecule has 14 N–H and O–H groups in total. The fourth-order valence-electron chi connectivity index (χ4n) is 7.60. The third kappa shape index (κ3) is 15.5. The van der Waals surface area contributed by atoms with Gasteiger partial charge in [0.15, 0.2) is 0 Å². The number of carboxylic acid groups (broad SMARTS) is 1. The number of carboxylic acids is 1. The summed E-state index contributed by atoms with van der Waals surface area (Å²) < 4.78 is 0. The molecule has 6 atom stereocenters. The molecule has 0 saturated carbocycles. The maximum Gasteiger partial charge on any atom is 0.322 e. The lowest BCUT2D eigenvalue weighted by molar-refractivity contribution is -0.138. The van der Waals surface area contributed by atoms with E-state index in [4.69, 9.17) is 22.3 Å². The second-order valence-corrected chi connectivity index (χ2v) is 16.6. The zero-order chi connectivity index (χ0) is 49.2. The van der Waals surface area contributed by atoms with E-state index in [2.05, 4.69) is 36.9 Å². The van der Waals surface area contributed by atoms with E-state index in [1.54, 1.807) is 36.5 Å². The van der Waals surface area contributed by atoms with Gasteiger partial charge in [-0.05, 0) is 79.1 Å². The molecule has 0 bridgehead atoms. The van der Waals surface area contributed by atoms with Crippen LogP contribution in [-0.4, -0.2) is 107 Å². The van der Waals surface area contributed by atoms with Crippen LogP contribution < -0.4 is 49.1 Å². The molecular formula is C49H60N10O9. The predicted molar refractivity (Wildman–Crippen MR) is 255 cm³/mol. The Morgan fingerprint density at radius 1 is 0.603 bits per heavy atom. The van der Waals surface area contributed by atoms with Gasteiger partial charge in [0.1, 0.15) is 36.8 Å². The molecule has 19 heteroatoms. The van der Waals surface area contributed by atoms with Crippen molar-refractivity contribution in [2.24, 2.45) is 17.2 Å². The van der Waals surface area contributed by atoms with Crippen LogP contribution in [0.1, 0.15) is 55.7 Å². The van der Waals surface area contributed by atoms with Crippen LogP contribution in [0, 0.1) is 0 Å². The second-order valence-electron chi connectivity index (χ2n) is 16.6. The lowest BCUT2D eigenvalue weighted by Crippen LogP contribution is -2.60. The Morgan fingerprint density at radius 3 is 1.90 bits per heavy atom. The number of para-hydroxylation sites is 1. The zero-order valence-electron chi connectivity index (χ0n) is 37.8. The van der Waals surface area contributed by atoms with E-state index in [9.17, 15) is 38.4 Å². The van der Waals surface area contributed by atoms with Crippen molar-refractivity contribution in [2.75, 3.05) is 13.1 Å². The summed E-state index contributed by atoms with van der Waals surface area (Å²) >= 11 is 0. The number of nitrogens with two attached hydrogens (primary N) is 3. The fraction of sp³-hybridized carbons (Fsp3) is 0.347. The molecule has 0 spiro atoms. The first-order valence-electron chi connectivity index (χ1n) is 22.4. The van der Waals surface area contributed by atoms with Gasteiger partial charge in [-0.1, -0.05) is 91.0 Å². The average Bonchev–Trinajstić information content (AvgIpc) is 3.73. The number of carbonyl (C=O) groups is 8. The molecule has 19 nitrogen and oxygen atoms in total. The van der Waals surface area contributed by atoms with Crippen molar-refractivity contribution in [2.45, 2.75) is 94.5 Å². The minimum atomic E-state index is -1.38. The number of H-pyrrole nitrogens is 1. The van der Waals surface area contributed by atoms with Gasteiger partial charge < -0.3 is 59.2 Å². The van der Waals surface area contributed by atoms with Crippen molar-refractivity contribution in [3.63, 3.8) is 0 Å². The summed E-state index contributed by atoms with van der Waals surface area (Å²) in [6.07, 6.45) is 2.14. The Kier molecular flexibility index (Phi) is 19.1. The fourth-order valence-corrected chi connectivity index (χ4v) is 7.60. The topological polar surface area (TPSA) is 323 Å². The minimum Gasteiger partial charge on any atom is -0.480 e. The number of fused-ring (bicyclic) bond motifs is 2. The summed E-state index contributed by atoms with van der Waals surface area (Å²) in [6, 6.07) is 22.3. The number of aromatic amines is 1.